The lowest BCUT2D eigenvalue weighted by molar-refractivity contribution is 0.0644. The molecule has 25 heavy (non-hydrogen) atoms. The van der Waals surface area contributed by atoms with Crippen molar-refractivity contribution in [2.24, 2.45) is 0 Å². The van der Waals surface area contributed by atoms with E-state index in [1.807, 2.05) is 45.0 Å². The number of hydrogen-bond acceptors (Lipinski definition) is 4. The lowest BCUT2D eigenvalue weighted by Gasteiger charge is -2.13. The highest BCUT2D eigenvalue weighted by Crippen LogP contribution is 2.22. The van der Waals surface area contributed by atoms with Crippen LogP contribution in [0.5, 0.6) is 11.5 Å². The van der Waals surface area contributed by atoms with Gasteiger partial charge in [0.15, 0.2) is 0 Å². The fourth-order valence-corrected chi connectivity index (χ4v) is 2.29. The number of rotatable bonds is 8. The van der Waals surface area contributed by atoms with E-state index in [1.165, 1.54) is 0 Å². The minimum atomic E-state index is -0.183. The van der Waals surface area contributed by atoms with Gasteiger partial charge in [-0.05, 0) is 63.2 Å². The molecule has 2 aromatic rings. The second kappa shape index (κ2) is 9.08. The van der Waals surface area contributed by atoms with Crippen molar-refractivity contribution in [3.05, 3.63) is 53.6 Å². The zero-order valence-corrected chi connectivity index (χ0v) is 15.2. The van der Waals surface area contributed by atoms with E-state index in [0.29, 0.717) is 30.2 Å². The third-order valence-electron chi connectivity index (χ3n) is 3.54. The Balaban J connectivity index is 2.11. The van der Waals surface area contributed by atoms with Gasteiger partial charge in [-0.25, -0.2) is 0 Å². The quantitative estimate of drug-likeness (QED) is 0.777. The molecule has 0 aliphatic carbocycles. The van der Waals surface area contributed by atoms with Crippen LogP contribution in [0.1, 0.15) is 36.7 Å². The topological polar surface area (TPSA) is 56.8 Å². The van der Waals surface area contributed by atoms with Crippen molar-refractivity contribution in [2.75, 3.05) is 19.0 Å². The summed E-state index contributed by atoms with van der Waals surface area (Å²) in [4.78, 5) is 12.5. The van der Waals surface area contributed by atoms with Gasteiger partial charge in [0.05, 0.1) is 26.4 Å². The third kappa shape index (κ3) is 5.50. The average Bonchev–Trinajstić information content (AvgIpc) is 2.61. The van der Waals surface area contributed by atoms with Gasteiger partial charge in [-0.1, -0.05) is 0 Å². The molecule has 0 saturated heterocycles. The van der Waals surface area contributed by atoms with Crippen molar-refractivity contribution < 1.29 is 19.0 Å². The van der Waals surface area contributed by atoms with Gasteiger partial charge in [-0.3, -0.25) is 4.79 Å². The van der Waals surface area contributed by atoms with Gasteiger partial charge in [0, 0.05) is 16.8 Å². The number of ether oxygens (including phenoxy) is 3. The highest BCUT2D eigenvalue weighted by molar-refractivity contribution is 6.04. The van der Waals surface area contributed by atoms with E-state index in [9.17, 15) is 4.79 Å². The number of amides is 1. The Morgan fingerprint density at radius 2 is 1.84 bits per heavy atom. The summed E-state index contributed by atoms with van der Waals surface area (Å²) in [6.07, 6.45) is 0.103. The molecule has 0 bridgehead atoms. The molecule has 0 atom stereocenters. The summed E-state index contributed by atoms with van der Waals surface area (Å²) in [7, 11) is 1.61. The van der Waals surface area contributed by atoms with Crippen molar-refractivity contribution in [1.82, 2.24) is 0 Å². The lowest BCUT2D eigenvalue weighted by Crippen LogP contribution is -2.13. The minimum absolute atomic E-state index is 0.103. The molecule has 0 aliphatic heterocycles. The molecule has 1 N–H and O–H groups in total. The summed E-state index contributed by atoms with van der Waals surface area (Å²) >= 11 is 0. The summed E-state index contributed by atoms with van der Waals surface area (Å²) in [5.41, 5.74) is 2.11. The van der Waals surface area contributed by atoms with E-state index in [2.05, 4.69) is 5.32 Å². The molecule has 2 aromatic carbocycles. The zero-order chi connectivity index (χ0) is 18.2. The van der Waals surface area contributed by atoms with Gasteiger partial charge in [0.1, 0.15) is 11.5 Å². The molecule has 0 spiro atoms. The molecule has 1 amide bonds. The van der Waals surface area contributed by atoms with Crippen LogP contribution in [0.3, 0.4) is 0 Å². The van der Waals surface area contributed by atoms with Crippen LogP contribution in [0.25, 0.3) is 0 Å². The summed E-state index contributed by atoms with van der Waals surface area (Å²) < 4.78 is 16.4. The molecule has 0 aliphatic rings. The second-order valence-corrected chi connectivity index (χ2v) is 5.80. The number of nitrogens with one attached hydrogen (secondary N) is 1. The number of methoxy groups -OCH3 is 1. The fraction of sp³-hybridized carbons (Fsp3) is 0.350. The third-order valence-corrected chi connectivity index (χ3v) is 3.54. The Hall–Kier alpha value is -2.53. The standard InChI is InChI=1S/C20H25NO4/c1-5-24-18-9-7-17(8-10-18)21-20(22)15-6-11-19(23-4)16(12-15)13-25-14(2)3/h6-12,14H,5,13H2,1-4H3,(H,21,22). The van der Waals surface area contributed by atoms with Crippen LogP contribution in [0.4, 0.5) is 5.69 Å². The maximum atomic E-state index is 12.5. The molecule has 5 heteroatoms. The van der Waals surface area contributed by atoms with Crippen LogP contribution in [0.2, 0.25) is 0 Å². The molecule has 0 heterocycles. The Morgan fingerprint density at radius 3 is 2.44 bits per heavy atom. The van der Waals surface area contributed by atoms with E-state index in [4.69, 9.17) is 14.2 Å². The van der Waals surface area contributed by atoms with Crippen LogP contribution >= 0.6 is 0 Å². The van der Waals surface area contributed by atoms with Crippen LogP contribution in [0.15, 0.2) is 42.5 Å². The van der Waals surface area contributed by atoms with Crippen molar-refractivity contribution in [3.63, 3.8) is 0 Å². The van der Waals surface area contributed by atoms with Crippen molar-refractivity contribution in [1.29, 1.82) is 0 Å². The van der Waals surface area contributed by atoms with Gasteiger partial charge in [0.2, 0.25) is 0 Å². The van der Waals surface area contributed by atoms with Crippen LogP contribution in [-0.2, 0) is 11.3 Å². The predicted octanol–water partition coefficient (Wildman–Crippen LogP) is 4.27. The van der Waals surface area contributed by atoms with Crippen molar-refractivity contribution in [2.45, 2.75) is 33.5 Å². The first kappa shape index (κ1) is 18.8. The van der Waals surface area contributed by atoms with Gasteiger partial charge < -0.3 is 19.5 Å². The normalized spacial score (nSPS) is 10.6. The summed E-state index contributed by atoms with van der Waals surface area (Å²) in [6, 6.07) is 12.6. The zero-order valence-electron chi connectivity index (χ0n) is 15.2. The maximum absolute atomic E-state index is 12.5. The van der Waals surface area contributed by atoms with E-state index >= 15 is 0 Å². The van der Waals surface area contributed by atoms with Gasteiger partial charge >= 0.3 is 0 Å². The molecule has 2 rings (SSSR count). The van der Waals surface area contributed by atoms with E-state index in [-0.39, 0.29) is 12.0 Å². The molecule has 5 nitrogen and oxygen atoms in total. The van der Waals surface area contributed by atoms with E-state index in [1.54, 1.807) is 25.3 Å². The van der Waals surface area contributed by atoms with Crippen LogP contribution < -0.4 is 14.8 Å². The second-order valence-electron chi connectivity index (χ2n) is 5.80. The molecular weight excluding hydrogens is 318 g/mol. The maximum Gasteiger partial charge on any atom is 0.255 e. The molecule has 0 saturated carbocycles. The largest absolute Gasteiger partial charge is 0.496 e. The molecule has 0 radical (unpaired) electrons. The minimum Gasteiger partial charge on any atom is -0.496 e. The first-order valence-corrected chi connectivity index (χ1v) is 8.36. The fourth-order valence-electron chi connectivity index (χ4n) is 2.29. The molecule has 0 aromatic heterocycles. The highest BCUT2D eigenvalue weighted by Gasteiger charge is 2.11. The van der Waals surface area contributed by atoms with E-state index in [0.717, 1.165) is 11.3 Å². The van der Waals surface area contributed by atoms with Gasteiger partial charge in [-0.2, -0.15) is 0 Å². The van der Waals surface area contributed by atoms with Crippen LogP contribution in [-0.4, -0.2) is 25.7 Å². The van der Waals surface area contributed by atoms with Crippen LogP contribution in [0, 0.1) is 0 Å². The molecular formula is C20H25NO4. The summed E-state index contributed by atoms with van der Waals surface area (Å²) in [5, 5.41) is 2.88. The molecule has 0 fully saturated rings. The SMILES string of the molecule is CCOc1ccc(NC(=O)c2ccc(OC)c(COC(C)C)c2)cc1. The average molecular weight is 343 g/mol. The monoisotopic (exact) mass is 343 g/mol. The molecule has 0 unspecified atom stereocenters. The van der Waals surface area contributed by atoms with Crippen molar-refractivity contribution in [3.8, 4) is 11.5 Å². The number of carbonyl (C=O) groups excluding carboxylic acids is 1. The van der Waals surface area contributed by atoms with Gasteiger partial charge in [-0.15, -0.1) is 0 Å². The Labute approximate surface area is 148 Å². The number of benzene rings is 2. The Kier molecular flexibility index (Phi) is 6.83. The lowest BCUT2D eigenvalue weighted by atomic mass is 10.1. The number of anilines is 1. The van der Waals surface area contributed by atoms with Gasteiger partial charge in [0.25, 0.3) is 5.91 Å². The smallest absolute Gasteiger partial charge is 0.255 e. The Bertz CT molecular complexity index is 695. The highest BCUT2D eigenvalue weighted by atomic mass is 16.5. The first-order chi connectivity index (χ1) is 12.0. The number of hydrogen-bond donors (Lipinski definition) is 1. The Morgan fingerprint density at radius 1 is 1.12 bits per heavy atom. The number of carbonyl (C=O) groups is 1. The predicted molar refractivity (Wildman–Crippen MR) is 98.5 cm³/mol. The summed E-state index contributed by atoms with van der Waals surface area (Å²) in [6.45, 7) is 6.87. The van der Waals surface area contributed by atoms with E-state index < -0.39 is 0 Å². The molecule has 134 valence electrons. The van der Waals surface area contributed by atoms with Crippen molar-refractivity contribution >= 4 is 11.6 Å². The summed E-state index contributed by atoms with van der Waals surface area (Å²) in [5.74, 6) is 1.30. The first-order valence-electron chi connectivity index (χ1n) is 8.36.